The van der Waals surface area contributed by atoms with Gasteiger partial charge in [-0.25, -0.2) is 9.50 Å². The molecule has 2 aromatic heterocycles. The first-order valence-electron chi connectivity index (χ1n) is 10.9. The Labute approximate surface area is 187 Å². The highest BCUT2D eigenvalue weighted by molar-refractivity contribution is 7.98. The highest BCUT2D eigenvalue weighted by Gasteiger charge is 2.16. The molecule has 1 saturated heterocycles. The van der Waals surface area contributed by atoms with Crippen LogP contribution in [0.3, 0.4) is 0 Å². The van der Waals surface area contributed by atoms with Crippen molar-refractivity contribution in [1.29, 1.82) is 0 Å². The Morgan fingerprint density at radius 2 is 1.87 bits per heavy atom. The Balaban J connectivity index is 1.37. The van der Waals surface area contributed by atoms with Crippen molar-refractivity contribution in [3.8, 4) is 0 Å². The van der Waals surface area contributed by atoms with E-state index in [2.05, 4.69) is 43.5 Å². The van der Waals surface area contributed by atoms with E-state index < -0.39 is 0 Å². The van der Waals surface area contributed by atoms with Gasteiger partial charge in [0.2, 0.25) is 11.1 Å². The van der Waals surface area contributed by atoms with Crippen molar-refractivity contribution in [2.75, 3.05) is 19.3 Å². The van der Waals surface area contributed by atoms with Crippen molar-refractivity contribution < 1.29 is 4.79 Å². The lowest BCUT2D eigenvalue weighted by Crippen LogP contribution is -2.25. The molecule has 0 radical (unpaired) electrons. The van der Waals surface area contributed by atoms with Gasteiger partial charge in [-0.15, -0.1) is 5.10 Å². The van der Waals surface area contributed by atoms with E-state index in [0.717, 1.165) is 23.5 Å². The Hall–Kier alpha value is -2.45. The molecule has 164 valence electrons. The third-order valence-corrected chi connectivity index (χ3v) is 6.54. The monoisotopic (exact) mass is 438 g/mol. The third-order valence-electron chi connectivity index (χ3n) is 6.00. The summed E-state index contributed by atoms with van der Waals surface area (Å²) in [7, 11) is 0. The molecular formula is C23H30N6OS. The largest absolute Gasteiger partial charge is 0.352 e. The van der Waals surface area contributed by atoms with Gasteiger partial charge in [-0.1, -0.05) is 36.0 Å². The van der Waals surface area contributed by atoms with Crippen LogP contribution in [-0.2, 0) is 24.3 Å². The molecule has 1 amide bonds. The quantitative estimate of drug-likeness (QED) is 0.544. The number of nitrogens with one attached hydrogen (secondary N) is 1. The number of aromatic nitrogens is 4. The number of nitrogens with zero attached hydrogens (tertiary/aromatic N) is 5. The van der Waals surface area contributed by atoms with Gasteiger partial charge in [0.05, 0.1) is 0 Å². The predicted molar refractivity (Wildman–Crippen MR) is 123 cm³/mol. The second-order valence-corrected chi connectivity index (χ2v) is 8.87. The van der Waals surface area contributed by atoms with E-state index >= 15 is 0 Å². The molecule has 0 bridgehead atoms. The standard InChI is InChI=1S/C23H30N6OS/c1-16-20(17(2)29-22(25-16)26-23(27-29)31-3)10-11-21(30)24-14-18-8-4-5-9-19(18)15-28-12-6-7-13-28/h4-5,8-9H,6-7,10-15H2,1-3H3,(H,24,30). The number of hydrogen-bond acceptors (Lipinski definition) is 6. The van der Waals surface area contributed by atoms with E-state index in [1.54, 1.807) is 4.52 Å². The number of carbonyl (C=O) groups excluding carboxylic acids is 1. The van der Waals surface area contributed by atoms with E-state index in [4.69, 9.17) is 0 Å². The van der Waals surface area contributed by atoms with Crippen molar-refractivity contribution in [2.24, 2.45) is 0 Å². The molecule has 31 heavy (non-hydrogen) atoms. The zero-order chi connectivity index (χ0) is 21.8. The minimum atomic E-state index is 0.0539. The number of likely N-dealkylation sites (tertiary alicyclic amines) is 1. The Bertz CT molecular complexity index is 1070. The van der Waals surface area contributed by atoms with Crippen molar-refractivity contribution in [3.63, 3.8) is 0 Å². The van der Waals surface area contributed by atoms with Gasteiger partial charge in [0, 0.05) is 30.9 Å². The lowest BCUT2D eigenvalue weighted by atomic mass is 10.1. The molecule has 0 unspecified atom stereocenters. The summed E-state index contributed by atoms with van der Waals surface area (Å²) in [6.07, 6.45) is 5.58. The predicted octanol–water partition coefficient (Wildman–Crippen LogP) is 3.31. The van der Waals surface area contributed by atoms with Crippen LogP contribution in [0.4, 0.5) is 0 Å². The topological polar surface area (TPSA) is 75.4 Å². The SMILES string of the molecule is CSc1nc2nc(C)c(CCC(=O)NCc3ccccc3CN3CCCC3)c(C)n2n1. The summed E-state index contributed by atoms with van der Waals surface area (Å²) >= 11 is 1.50. The molecule has 0 aliphatic carbocycles. The van der Waals surface area contributed by atoms with E-state index in [1.165, 1.54) is 48.8 Å². The smallest absolute Gasteiger partial charge is 0.253 e. The minimum Gasteiger partial charge on any atom is -0.352 e. The molecule has 3 aromatic rings. The molecule has 0 atom stereocenters. The number of aryl methyl sites for hydroxylation is 2. The molecule has 4 rings (SSSR count). The van der Waals surface area contributed by atoms with Crippen LogP contribution in [0.5, 0.6) is 0 Å². The normalized spacial score (nSPS) is 14.4. The molecular weight excluding hydrogens is 408 g/mol. The van der Waals surface area contributed by atoms with Gasteiger partial charge >= 0.3 is 0 Å². The van der Waals surface area contributed by atoms with Gasteiger partial charge in [-0.2, -0.15) is 4.98 Å². The summed E-state index contributed by atoms with van der Waals surface area (Å²) in [6, 6.07) is 8.42. The second kappa shape index (κ2) is 9.78. The third kappa shape index (κ3) is 5.07. The number of amides is 1. The average Bonchev–Trinajstić information content (AvgIpc) is 3.42. The number of rotatable bonds is 8. The average molecular weight is 439 g/mol. The van der Waals surface area contributed by atoms with Crippen LogP contribution < -0.4 is 5.32 Å². The zero-order valence-corrected chi connectivity index (χ0v) is 19.3. The van der Waals surface area contributed by atoms with Crippen LogP contribution in [0.1, 0.15) is 47.3 Å². The van der Waals surface area contributed by atoms with Crippen molar-refractivity contribution >= 4 is 23.4 Å². The summed E-state index contributed by atoms with van der Waals surface area (Å²) in [5, 5.41) is 8.30. The molecule has 1 aliphatic heterocycles. The molecule has 3 heterocycles. The van der Waals surface area contributed by atoms with E-state index in [0.29, 0.717) is 30.3 Å². The second-order valence-electron chi connectivity index (χ2n) is 8.10. The first-order chi connectivity index (χ1) is 15.0. The highest BCUT2D eigenvalue weighted by atomic mass is 32.2. The summed E-state index contributed by atoms with van der Waals surface area (Å²) in [6.45, 7) is 7.86. The van der Waals surface area contributed by atoms with Gasteiger partial charge in [-0.3, -0.25) is 9.69 Å². The minimum absolute atomic E-state index is 0.0539. The molecule has 8 heteroatoms. The van der Waals surface area contributed by atoms with Crippen LogP contribution in [-0.4, -0.2) is 49.7 Å². The van der Waals surface area contributed by atoms with E-state index in [9.17, 15) is 4.79 Å². The van der Waals surface area contributed by atoms with E-state index in [1.807, 2.05) is 26.2 Å². The molecule has 1 fully saturated rings. The van der Waals surface area contributed by atoms with E-state index in [-0.39, 0.29) is 5.91 Å². The van der Waals surface area contributed by atoms with Gasteiger partial charge in [0.15, 0.2) is 0 Å². The van der Waals surface area contributed by atoms with Gasteiger partial charge in [0.1, 0.15) is 0 Å². The fourth-order valence-electron chi connectivity index (χ4n) is 4.22. The highest BCUT2D eigenvalue weighted by Crippen LogP contribution is 2.19. The molecule has 0 spiro atoms. The van der Waals surface area contributed by atoms with Gasteiger partial charge in [0.25, 0.3) is 5.78 Å². The summed E-state index contributed by atoms with van der Waals surface area (Å²) in [4.78, 5) is 24.1. The number of carbonyl (C=O) groups is 1. The summed E-state index contributed by atoms with van der Waals surface area (Å²) in [5.41, 5.74) is 5.48. The Morgan fingerprint density at radius 3 is 2.61 bits per heavy atom. The first-order valence-corrected chi connectivity index (χ1v) is 12.1. The first kappa shape index (κ1) is 21.8. The maximum Gasteiger partial charge on any atom is 0.253 e. The van der Waals surface area contributed by atoms with Crippen LogP contribution in [0.15, 0.2) is 29.4 Å². The van der Waals surface area contributed by atoms with Crippen LogP contribution in [0, 0.1) is 13.8 Å². The Kier molecular flexibility index (Phi) is 6.87. The van der Waals surface area contributed by atoms with Gasteiger partial charge in [-0.05, 0) is 69.1 Å². The van der Waals surface area contributed by atoms with Crippen molar-refractivity contribution in [2.45, 2.75) is 57.8 Å². The van der Waals surface area contributed by atoms with Crippen LogP contribution in [0.25, 0.3) is 5.78 Å². The van der Waals surface area contributed by atoms with Crippen LogP contribution in [0.2, 0.25) is 0 Å². The number of fused-ring (bicyclic) bond motifs is 1. The lowest BCUT2D eigenvalue weighted by Gasteiger charge is -2.18. The molecule has 7 nitrogen and oxygen atoms in total. The van der Waals surface area contributed by atoms with Gasteiger partial charge < -0.3 is 5.32 Å². The Morgan fingerprint density at radius 1 is 1.13 bits per heavy atom. The summed E-state index contributed by atoms with van der Waals surface area (Å²) < 4.78 is 1.78. The maximum absolute atomic E-state index is 12.6. The summed E-state index contributed by atoms with van der Waals surface area (Å²) in [5.74, 6) is 0.667. The molecule has 1 N–H and O–H groups in total. The maximum atomic E-state index is 12.6. The number of benzene rings is 1. The molecule has 1 aromatic carbocycles. The fourth-order valence-corrected chi connectivity index (χ4v) is 4.56. The van der Waals surface area contributed by atoms with Crippen molar-refractivity contribution in [1.82, 2.24) is 29.8 Å². The number of thioether (sulfide) groups is 1. The molecule has 0 saturated carbocycles. The zero-order valence-electron chi connectivity index (χ0n) is 18.5. The lowest BCUT2D eigenvalue weighted by molar-refractivity contribution is -0.121. The number of hydrogen-bond donors (Lipinski definition) is 1. The molecule has 1 aliphatic rings. The van der Waals surface area contributed by atoms with Crippen LogP contribution >= 0.6 is 11.8 Å². The van der Waals surface area contributed by atoms with Crippen molar-refractivity contribution in [3.05, 3.63) is 52.3 Å². The fraction of sp³-hybridized carbons (Fsp3) is 0.478.